The standard InChI is InChI=1S/C31H30N4O5S/c1-4-39-29-18-23(12-17-28(29)40-20-24-10-7-9-22-8-5-6-11-27(22)24)30(19-34(36)37)41-31-33-32-21(2)35(31)25-13-15-26(38-3)16-14-25/h5-18,30H,4,19-20H2,1-3H3/t30-/m0/s1. The van der Waals surface area contributed by atoms with E-state index in [9.17, 15) is 10.1 Å². The van der Waals surface area contributed by atoms with Crippen molar-refractivity contribution in [3.63, 3.8) is 0 Å². The number of aryl methyl sites for hydroxylation is 1. The van der Waals surface area contributed by atoms with Crippen molar-refractivity contribution in [1.29, 1.82) is 0 Å². The summed E-state index contributed by atoms with van der Waals surface area (Å²) in [6.07, 6.45) is 0. The largest absolute Gasteiger partial charge is 0.497 e. The minimum Gasteiger partial charge on any atom is -0.497 e. The van der Waals surface area contributed by atoms with E-state index in [0.717, 1.165) is 33.3 Å². The molecule has 210 valence electrons. The number of fused-ring (bicyclic) bond motifs is 1. The van der Waals surface area contributed by atoms with E-state index in [0.29, 0.717) is 35.7 Å². The summed E-state index contributed by atoms with van der Waals surface area (Å²) in [5.41, 5.74) is 2.63. The summed E-state index contributed by atoms with van der Waals surface area (Å²) in [5.74, 6) is 2.51. The quantitative estimate of drug-likeness (QED) is 0.0914. The number of thioether (sulfide) groups is 1. The van der Waals surface area contributed by atoms with Gasteiger partial charge in [0.25, 0.3) is 0 Å². The first kappa shape index (κ1) is 28.0. The van der Waals surface area contributed by atoms with E-state index in [1.54, 1.807) is 7.11 Å². The van der Waals surface area contributed by atoms with Crippen molar-refractivity contribution >= 4 is 22.5 Å². The van der Waals surface area contributed by atoms with Gasteiger partial charge < -0.3 is 14.2 Å². The van der Waals surface area contributed by atoms with Gasteiger partial charge in [-0.15, -0.1) is 10.2 Å². The number of aromatic nitrogens is 3. The number of hydrogen-bond donors (Lipinski definition) is 0. The van der Waals surface area contributed by atoms with Crippen LogP contribution in [0.1, 0.15) is 29.1 Å². The Morgan fingerprint density at radius 1 is 0.951 bits per heavy atom. The van der Waals surface area contributed by atoms with Crippen molar-refractivity contribution in [2.75, 3.05) is 20.3 Å². The molecule has 5 aromatic rings. The molecule has 0 amide bonds. The summed E-state index contributed by atoms with van der Waals surface area (Å²) in [7, 11) is 1.61. The highest BCUT2D eigenvalue weighted by atomic mass is 32.2. The first-order valence-electron chi connectivity index (χ1n) is 13.2. The minimum atomic E-state index is -0.545. The molecule has 0 aliphatic rings. The molecular formula is C31H30N4O5S. The van der Waals surface area contributed by atoms with Gasteiger partial charge in [-0.25, -0.2) is 0 Å². The van der Waals surface area contributed by atoms with Crippen LogP contribution in [-0.4, -0.2) is 39.9 Å². The average Bonchev–Trinajstić information content (AvgIpc) is 3.35. The maximum Gasteiger partial charge on any atom is 0.220 e. The molecule has 1 heterocycles. The monoisotopic (exact) mass is 570 g/mol. The van der Waals surface area contributed by atoms with Crippen LogP contribution in [0.3, 0.4) is 0 Å². The normalized spacial score (nSPS) is 11.8. The Morgan fingerprint density at radius 3 is 2.49 bits per heavy atom. The van der Waals surface area contributed by atoms with Crippen LogP contribution in [0.4, 0.5) is 0 Å². The smallest absolute Gasteiger partial charge is 0.220 e. The maximum atomic E-state index is 11.7. The van der Waals surface area contributed by atoms with Crippen molar-refractivity contribution in [2.24, 2.45) is 0 Å². The van der Waals surface area contributed by atoms with Gasteiger partial charge in [-0.2, -0.15) is 0 Å². The fraction of sp³-hybridized carbons (Fsp3) is 0.226. The van der Waals surface area contributed by atoms with Gasteiger partial charge in [-0.3, -0.25) is 14.7 Å². The third-order valence-corrected chi connectivity index (χ3v) is 7.77. The fourth-order valence-electron chi connectivity index (χ4n) is 4.61. The number of rotatable bonds is 12. The molecular weight excluding hydrogens is 540 g/mol. The Morgan fingerprint density at radius 2 is 1.73 bits per heavy atom. The molecule has 0 aliphatic heterocycles. The molecule has 0 spiro atoms. The molecule has 41 heavy (non-hydrogen) atoms. The van der Waals surface area contributed by atoms with Gasteiger partial charge in [0, 0.05) is 10.6 Å². The molecule has 10 heteroatoms. The number of ether oxygens (including phenoxy) is 3. The molecule has 0 saturated carbocycles. The van der Waals surface area contributed by atoms with E-state index in [4.69, 9.17) is 14.2 Å². The van der Waals surface area contributed by atoms with E-state index < -0.39 is 5.25 Å². The lowest BCUT2D eigenvalue weighted by Gasteiger charge is -2.18. The van der Waals surface area contributed by atoms with Crippen LogP contribution in [0.15, 0.2) is 90.1 Å². The second-order valence-corrected chi connectivity index (χ2v) is 10.4. The molecule has 9 nitrogen and oxygen atoms in total. The first-order valence-corrected chi connectivity index (χ1v) is 14.1. The molecule has 0 bridgehead atoms. The van der Waals surface area contributed by atoms with Crippen molar-refractivity contribution in [3.8, 4) is 22.9 Å². The van der Waals surface area contributed by atoms with Gasteiger partial charge in [0.05, 0.1) is 13.7 Å². The minimum absolute atomic E-state index is 0.305. The summed E-state index contributed by atoms with van der Waals surface area (Å²) in [4.78, 5) is 11.4. The molecule has 0 saturated heterocycles. The Bertz CT molecular complexity index is 1650. The Hall–Kier alpha value is -4.57. The van der Waals surface area contributed by atoms with Crippen molar-refractivity contribution in [3.05, 3.63) is 112 Å². The van der Waals surface area contributed by atoms with Gasteiger partial charge >= 0.3 is 0 Å². The Kier molecular flexibility index (Phi) is 8.69. The van der Waals surface area contributed by atoms with E-state index in [1.165, 1.54) is 11.8 Å². The van der Waals surface area contributed by atoms with Gasteiger partial charge in [-0.1, -0.05) is 60.3 Å². The van der Waals surface area contributed by atoms with Crippen LogP contribution >= 0.6 is 11.8 Å². The lowest BCUT2D eigenvalue weighted by molar-refractivity contribution is -0.479. The number of hydrogen-bond acceptors (Lipinski definition) is 8. The van der Waals surface area contributed by atoms with Crippen LogP contribution in [0.5, 0.6) is 17.2 Å². The maximum absolute atomic E-state index is 11.7. The number of benzene rings is 4. The SMILES string of the molecule is CCOc1cc([C@H](C[N+](=O)[O-])Sc2nnc(C)n2-c2ccc(OC)cc2)ccc1OCc1cccc2ccccc12. The lowest BCUT2D eigenvalue weighted by atomic mass is 10.1. The molecule has 0 unspecified atom stereocenters. The molecule has 0 fully saturated rings. The van der Waals surface area contributed by atoms with Crippen molar-refractivity contribution in [1.82, 2.24) is 14.8 Å². The van der Waals surface area contributed by atoms with Gasteiger partial charge in [0.15, 0.2) is 16.7 Å². The zero-order valence-corrected chi connectivity index (χ0v) is 23.8. The van der Waals surface area contributed by atoms with Crippen molar-refractivity contribution in [2.45, 2.75) is 30.9 Å². The predicted molar refractivity (Wildman–Crippen MR) is 159 cm³/mol. The Balaban J connectivity index is 1.42. The Labute approximate surface area is 242 Å². The summed E-state index contributed by atoms with van der Waals surface area (Å²) < 4.78 is 19.3. The van der Waals surface area contributed by atoms with E-state index >= 15 is 0 Å². The van der Waals surface area contributed by atoms with E-state index in [1.807, 2.05) is 85.1 Å². The van der Waals surface area contributed by atoms with Crippen molar-refractivity contribution < 1.29 is 19.1 Å². The fourth-order valence-corrected chi connectivity index (χ4v) is 5.77. The summed E-state index contributed by atoms with van der Waals surface area (Å²) in [6, 6.07) is 27.3. The first-order chi connectivity index (χ1) is 20.0. The zero-order valence-electron chi connectivity index (χ0n) is 23.0. The van der Waals surface area contributed by atoms with Gasteiger partial charge in [0.1, 0.15) is 23.4 Å². The molecule has 0 radical (unpaired) electrons. The molecule has 0 aliphatic carbocycles. The van der Waals surface area contributed by atoms with E-state index in [2.05, 4.69) is 28.4 Å². The third kappa shape index (κ3) is 6.44. The van der Waals surface area contributed by atoms with Gasteiger partial charge in [-0.05, 0) is 72.1 Å². The zero-order chi connectivity index (χ0) is 28.8. The highest BCUT2D eigenvalue weighted by Crippen LogP contribution is 2.40. The van der Waals surface area contributed by atoms with Crippen LogP contribution < -0.4 is 14.2 Å². The average molecular weight is 571 g/mol. The van der Waals surface area contributed by atoms with Crippen LogP contribution in [-0.2, 0) is 6.61 Å². The second kappa shape index (κ2) is 12.7. The van der Waals surface area contributed by atoms with Crippen LogP contribution in [0.2, 0.25) is 0 Å². The highest BCUT2D eigenvalue weighted by molar-refractivity contribution is 7.99. The van der Waals surface area contributed by atoms with Crippen LogP contribution in [0, 0.1) is 17.0 Å². The number of nitro groups is 1. The number of nitrogens with zero attached hydrogens (tertiary/aromatic N) is 4. The molecule has 1 atom stereocenters. The van der Waals surface area contributed by atoms with E-state index in [-0.39, 0.29) is 11.5 Å². The third-order valence-electron chi connectivity index (χ3n) is 6.59. The predicted octanol–water partition coefficient (Wildman–Crippen LogP) is 6.83. The molecule has 1 aromatic heterocycles. The summed E-state index contributed by atoms with van der Waals surface area (Å²) in [5, 5.41) is 22.6. The number of methoxy groups -OCH3 is 1. The topological polar surface area (TPSA) is 102 Å². The summed E-state index contributed by atoms with van der Waals surface area (Å²) >= 11 is 1.29. The lowest BCUT2D eigenvalue weighted by Crippen LogP contribution is -2.12. The second-order valence-electron chi connectivity index (χ2n) is 9.25. The molecule has 4 aromatic carbocycles. The highest BCUT2D eigenvalue weighted by Gasteiger charge is 2.25. The summed E-state index contributed by atoms with van der Waals surface area (Å²) in [6.45, 7) is 4.22. The molecule has 0 N–H and O–H groups in total. The van der Waals surface area contributed by atoms with Crippen LogP contribution in [0.25, 0.3) is 16.5 Å². The molecule has 5 rings (SSSR count). The van der Waals surface area contributed by atoms with Gasteiger partial charge in [0.2, 0.25) is 6.54 Å².